The first-order valence-electron chi connectivity index (χ1n) is 7.00. The predicted octanol–water partition coefficient (Wildman–Crippen LogP) is 2.17. The number of pyridine rings is 1. The first-order valence-corrected chi connectivity index (χ1v) is 7.00. The summed E-state index contributed by atoms with van der Waals surface area (Å²) in [4.78, 5) is 18.6. The van der Waals surface area contributed by atoms with Crippen molar-refractivity contribution in [3.8, 4) is 0 Å². The Bertz CT molecular complexity index is 434. The minimum absolute atomic E-state index is 0.0264. The zero-order chi connectivity index (χ0) is 13.7. The van der Waals surface area contributed by atoms with Gasteiger partial charge in [0.25, 0.3) is 0 Å². The summed E-state index contributed by atoms with van der Waals surface area (Å²) >= 11 is 0. The number of hydrogen-bond donors (Lipinski definition) is 0. The normalized spacial score (nSPS) is 20.2. The van der Waals surface area contributed by atoms with Gasteiger partial charge in [0.15, 0.2) is 0 Å². The molecule has 1 aliphatic rings. The molecule has 4 nitrogen and oxygen atoms in total. The zero-order valence-corrected chi connectivity index (χ0v) is 11.8. The summed E-state index contributed by atoms with van der Waals surface area (Å²) in [6, 6.07) is 6.08. The van der Waals surface area contributed by atoms with Gasteiger partial charge in [0.1, 0.15) is 0 Å². The number of ether oxygens (including phenoxy) is 1. The van der Waals surface area contributed by atoms with E-state index in [-0.39, 0.29) is 11.9 Å². The second kappa shape index (κ2) is 6.66. The molecule has 1 aromatic heterocycles. The summed E-state index contributed by atoms with van der Waals surface area (Å²) in [5.41, 5.74) is 2.11. The van der Waals surface area contributed by atoms with Gasteiger partial charge in [0.2, 0.25) is 0 Å². The van der Waals surface area contributed by atoms with Crippen LogP contribution in [0.3, 0.4) is 0 Å². The van der Waals surface area contributed by atoms with Crippen LogP contribution in [0.5, 0.6) is 0 Å². The third-order valence-electron chi connectivity index (χ3n) is 3.46. The number of likely N-dealkylation sites (tertiary alicyclic amines) is 1. The average Bonchev–Trinajstić information content (AvgIpc) is 2.39. The first kappa shape index (κ1) is 14.0. The van der Waals surface area contributed by atoms with Gasteiger partial charge in [0.05, 0.1) is 18.2 Å². The lowest BCUT2D eigenvalue weighted by molar-refractivity contribution is -0.150. The van der Waals surface area contributed by atoms with Crippen LogP contribution < -0.4 is 0 Å². The predicted molar refractivity (Wildman–Crippen MR) is 73.6 cm³/mol. The van der Waals surface area contributed by atoms with E-state index in [2.05, 4.69) is 9.88 Å². The van der Waals surface area contributed by atoms with Crippen LogP contribution in [-0.4, -0.2) is 35.5 Å². The summed E-state index contributed by atoms with van der Waals surface area (Å²) in [6.45, 7) is 6.96. The summed E-state index contributed by atoms with van der Waals surface area (Å²) in [6.07, 6.45) is 1.99. The highest BCUT2D eigenvalue weighted by Crippen LogP contribution is 2.19. The Morgan fingerprint density at radius 3 is 3.11 bits per heavy atom. The molecule has 0 aliphatic carbocycles. The maximum absolute atomic E-state index is 11.8. The second-order valence-electron chi connectivity index (χ2n) is 5.10. The molecule has 1 atom stereocenters. The number of nitrogens with zero attached hydrogens (tertiary/aromatic N) is 2. The molecule has 4 heteroatoms. The van der Waals surface area contributed by atoms with Gasteiger partial charge in [-0.25, -0.2) is 0 Å². The molecule has 2 rings (SSSR count). The molecular formula is C15H22N2O2. The van der Waals surface area contributed by atoms with Crippen LogP contribution in [0, 0.1) is 12.8 Å². The van der Waals surface area contributed by atoms with Crippen LogP contribution in [-0.2, 0) is 16.1 Å². The molecule has 0 radical (unpaired) electrons. The van der Waals surface area contributed by atoms with E-state index in [9.17, 15) is 4.79 Å². The van der Waals surface area contributed by atoms with Crippen LogP contribution in [0.2, 0.25) is 0 Å². The fraction of sp³-hybridized carbons (Fsp3) is 0.600. The highest BCUT2D eigenvalue weighted by molar-refractivity contribution is 5.72. The molecule has 0 bridgehead atoms. The quantitative estimate of drug-likeness (QED) is 0.780. The zero-order valence-electron chi connectivity index (χ0n) is 11.8. The number of carbonyl (C=O) groups excluding carboxylic acids is 1. The average molecular weight is 262 g/mol. The molecule has 1 fully saturated rings. The molecule has 1 aromatic rings. The van der Waals surface area contributed by atoms with Gasteiger partial charge in [0, 0.05) is 18.8 Å². The smallest absolute Gasteiger partial charge is 0.310 e. The largest absolute Gasteiger partial charge is 0.466 e. The van der Waals surface area contributed by atoms with Gasteiger partial charge in [-0.2, -0.15) is 0 Å². The summed E-state index contributed by atoms with van der Waals surface area (Å²) in [7, 11) is 0. The Morgan fingerprint density at radius 2 is 2.37 bits per heavy atom. The van der Waals surface area contributed by atoms with Crippen LogP contribution >= 0.6 is 0 Å². The minimum Gasteiger partial charge on any atom is -0.466 e. The van der Waals surface area contributed by atoms with Crippen LogP contribution in [0.15, 0.2) is 18.2 Å². The van der Waals surface area contributed by atoms with E-state index in [1.807, 2.05) is 32.0 Å². The van der Waals surface area contributed by atoms with Crippen molar-refractivity contribution < 1.29 is 9.53 Å². The van der Waals surface area contributed by atoms with E-state index >= 15 is 0 Å². The van der Waals surface area contributed by atoms with Crippen molar-refractivity contribution in [2.24, 2.45) is 5.92 Å². The van der Waals surface area contributed by atoms with Gasteiger partial charge in [-0.3, -0.25) is 14.7 Å². The Balaban J connectivity index is 1.92. The maximum Gasteiger partial charge on any atom is 0.310 e. The number of carbonyl (C=O) groups is 1. The monoisotopic (exact) mass is 262 g/mol. The Kier molecular flexibility index (Phi) is 4.91. The maximum atomic E-state index is 11.8. The standard InChI is InChI=1S/C15H22N2O2/c1-3-19-15(18)13-7-5-9-17(10-13)11-14-8-4-6-12(2)16-14/h4,6,8,13H,3,5,7,9-11H2,1-2H3/t13-/m1/s1. The number of hydrogen-bond acceptors (Lipinski definition) is 4. The summed E-state index contributed by atoms with van der Waals surface area (Å²) in [5, 5.41) is 0. The number of esters is 1. The van der Waals surface area contributed by atoms with Crippen molar-refractivity contribution in [3.05, 3.63) is 29.6 Å². The fourth-order valence-electron chi connectivity index (χ4n) is 2.57. The van der Waals surface area contributed by atoms with Crippen LogP contribution in [0.1, 0.15) is 31.2 Å². The lowest BCUT2D eigenvalue weighted by Crippen LogP contribution is -2.39. The molecule has 0 aromatic carbocycles. The SMILES string of the molecule is CCOC(=O)[C@@H]1CCCN(Cc2cccc(C)n2)C1. The van der Waals surface area contributed by atoms with E-state index in [1.165, 1.54) is 0 Å². The molecule has 1 saturated heterocycles. The van der Waals surface area contributed by atoms with E-state index in [0.717, 1.165) is 43.9 Å². The Morgan fingerprint density at radius 1 is 1.53 bits per heavy atom. The summed E-state index contributed by atoms with van der Waals surface area (Å²) < 4.78 is 5.12. The molecule has 104 valence electrons. The van der Waals surface area contributed by atoms with Crippen molar-refractivity contribution in [1.82, 2.24) is 9.88 Å². The van der Waals surface area contributed by atoms with Crippen LogP contribution in [0.4, 0.5) is 0 Å². The van der Waals surface area contributed by atoms with Crippen molar-refractivity contribution >= 4 is 5.97 Å². The molecule has 1 aliphatic heterocycles. The number of aryl methyl sites for hydroxylation is 1. The van der Waals surface area contributed by atoms with E-state index in [0.29, 0.717) is 6.61 Å². The molecule has 0 unspecified atom stereocenters. The van der Waals surface area contributed by atoms with E-state index < -0.39 is 0 Å². The van der Waals surface area contributed by atoms with Gasteiger partial charge in [-0.05, 0) is 45.4 Å². The van der Waals surface area contributed by atoms with E-state index in [1.54, 1.807) is 0 Å². The van der Waals surface area contributed by atoms with Crippen molar-refractivity contribution in [2.45, 2.75) is 33.2 Å². The van der Waals surface area contributed by atoms with Crippen molar-refractivity contribution in [3.63, 3.8) is 0 Å². The summed E-state index contributed by atoms with van der Waals surface area (Å²) in [5.74, 6) is -0.0251. The first-order chi connectivity index (χ1) is 9.19. The lowest BCUT2D eigenvalue weighted by atomic mass is 9.98. The molecule has 0 amide bonds. The lowest BCUT2D eigenvalue weighted by Gasteiger charge is -2.31. The molecule has 0 saturated carbocycles. The van der Waals surface area contributed by atoms with Gasteiger partial charge >= 0.3 is 5.97 Å². The van der Waals surface area contributed by atoms with E-state index in [4.69, 9.17) is 4.74 Å². The van der Waals surface area contributed by atoms with Crippen LogP contribution in [0.25, 0.3) is 0 Å². The molecule has 19 heavy (non-hydrogen) atoms. The molecule has 2 heterocycles. The molecular weight excluding hydrogens is 240 g/mol. The molecule has 0 spiro atoms. The van der Waals surface area contributed by atoms with Gasteiger partial charge in [-0.15, -0.1) is 0 Å². The highest BCUT2D eigenvalue weighted by Gasteiger charge is 2.26. The minimum atomic E-state index is -0.0515. The topological polar surface area (TPSA) is 42.4 Å². The Labute approximate surface area is 114 Å². The van der Waals surface area contributed by atoms with Gasteiger partial charge < -0.3 is 4.74 Å². The molecule has 0 N–H and O–H groups in total. The number of piperidine rings is 1. The van der Waals surface area contributed by atoms with Gasteiger partial charge in [-0.1, -0.05) is 6.07 Å². The third-order valence-corrected chi connectivity index (χ3v) is 3.46. The highest BCUT2D eigenvalue weighted by atomic mass is 16.5. The number of aromatic nitrogens is 1. The number of rotatable bonds is 4. The third kappa shape index (κ3) is 4.03. The second-order valence-corrected chi connectivity index (χ2v) is 5.10. The van der Waals surface area contributed by atoms with Crippen molar-refractivity contribution in [1.29, 1.82) is 0 Å². The Hall–Kier alpha value is -1.42. The van der Waals surface area contributed by atoms with Crippen molar-refractivity contribution in [2.75, 3.05) is 19.7 Å². The fourth-order valence-corrected chi connectivity index (χ4v) is 2.57.